The zero-order valence-corrected chi connectivity index (χ0v) is 18.8. The van der Waals surface area contributed by atoms with Crippen LogP contribution >= 0.6 is 0 Å². The molecule has 2 aromatic heterocycles. The Hall–Kier alpha value is -2.75. The molecule has 0 saturated carbocycles. The van der Waals surface area contributed by atoms with Crippen LogP contribution in [0.3, 0.4) is 0 Å². The molecule has 2 aliphatic rings. The van der Waals surface area contributed by atoms with E-state index in [1.54, 1.807) is 6.33 Å². The highest BCUT2D eigenvalue weighted by atomic mass is 16.5. The largest absolute Gasteiger partial charge is 0.379 e. The van der Waals surface area contributed by atoms with Gasteiger partial charge in [-0.2, -0.15) is 0 Å². The molecule has 9 nitrogen and oxygen atoms in total. The Morgan fingerprint density at radius 1 is 0.969 bits per heavy atom. The van der Waals surface area contributed by atoms with Gasteiger partial charge >= 0.3 is 0 Å². The zero-order valence-electron chi connectivity index (χ0n) is 18.8. The molecular formula is C23H32N8O. The number of imidazole rings is 1. The minimum absolute atomic E-state index is 0.706. The molecule has 0 unspecified atom stereocenters. The molecule has 0 bridgehead atoms. The van der Waals surface area contributed by atoms with Crippen LogP contribution in [0.4, 0.5) is 11.5 Å². The van der Waals surface area contributed by atoms with Crippen LogP contribution in [0.1, 0.15) is 6.92 Å². The van der Waals surface area contributed by atoms with E-state index in [0.717, 1.165) is 94.7 Å². The van der Waals surface area contributed by atoms with Crippen molar-refractivity contribution in [1.82, 2.24) is 29.7 Å². The Morgan fingerprint density at radius 2 is 1.75 bits per heavy atom. The Bertz CT molecular complexity index is 1010. The molecule has 0 amide bonds. The maximum absolute atomic E-state index is 5.43. The highest BCUT2D eigenvalue weighted by Crippen LogP contribution is 2.25. The van der Waals surface area contributed by atoms with E-state index in [1.807, 2.05) is 0 Å². The lowest BCUT2D eigenvalue weighted by atomic mass is 10.1. The Kier molecular flexibility index (Phi) is 6.47. The quantitative estimate of drug-likeness (QED) is 0.581. The lowest BCUT2D eigenvalue weighted by Crippen LogP contribution is -2.46. The minimum atomic E-state index is 0.706. The predicted molar refractivity (Wildman–Crippen MR) is 127 cm³/mol. The number of aromatic amines is 1. The molecule has 32 heavy (non-hydrogen) atoms. The lowest BCUT2D eigenvalue weighted by Gasteiger charge is -2.35. The summed E-state index contributed by atoms with van der Waals surface area (Å²) in [5.41, 5.74) is 3.80. The van der Waals surface area contributed by atoms with Gasteiger partial charge in [0.2, 0.25) is 0 Å². The van der Waals surface area contributed by atoms with Crippen LogP contribution in [-0.2, 0) is 4.74 Å². The van der Waals surface area contributed by atoms with Crippen molar-refractivity contribution in [3.63, 3.8) is 0 Å². The number of rotatable bonds is 7. The molecule has 2 saturated heterocycles. The summed E-state index contributed by atoms with van der Waals surface area (Å²) in [6.45, 7) is 13.1. The van der Waals surface area contributed by atoms with Gasteiger partial charge in [-0.05, 0) is 30.8 Å². The summed E-state index contributed by atoms with van der Waals surface area (Å²) < 4.78 is 5.43. The summed E-state index contributed by atoms with van der Waals surface area (Å²) in [7, 11) is 0. The van der Waals surface area contributed by atoms with Gasteiger partial charge in [0, 0.05) is 63.6 Å². The summed E-state index contributed by atoms with van der Waals surface area (Å²) in [6, 6.07) is 8.61. The number of fused-ring (bicyclic) bond motifs is 1. The molecule has 2 aliphatic heterocycles. The van der Waals surface area contributed by atoms with Crippen molar-refractivity contribution in [3.8, 4) is 11.4 Å². The van der Waals surface area contributed by atoms with Crippen molar-refractivity contribution in [3.05, 3.63) is 30.6 Å². The van der Waals surface area contributed by atoms with Gasteiger partial charge in [0.05, 0.1) is 19.5 Å². The van der Waals surface area contributed by atoms with Crippen LogP contribution in [0.5, 0.6) is 0 Å². The lowest BCUT2D eigenvalue weighted by molar-refractivity contribution is 0.0398. The Balaban J connectivity index is 1.29. The van der Waals surface area contributed by atoms with E-state index in [4.69, 9.17) is 14.7 Å². The van der Waals surface area contributed by atoms with Crippen LogP contribution in [-0.4, -0.2) is 102 Å². The third-order valence-corrected chi connectivity index (χ3v) is 6.41. The average Bonchev–Trinajstić information content (AvgIpc) is 3.34. The molecule has 2 fully saturated rings. The fraction of sp³-hybridized carbons (Fsp3) is 0.522. The number of morpholine rings is 1. The molecular weight excluding hydrogens is 404 g/mol. The van der Waals surface area contributed by atoms with E-state index in [-0.39, 0.29) is 0 Å². The van der Waals surface area contributed by atoms with Gasteiger partial charge in [-0.1, -0.05) is 6.92 Å². The average molecular weight is 437 g/mol. The molecule has 5 rings (SSSR count). The number of hydrogen-bond donors (Lipinski definition) is 2. The molecule has 0 atom stereocenters. The number of H-pyrrole nitrogens is 1. The molecule has 0 spiro atoms. The topological polar surface area (TPSA) is 85.4 Å². The summed E-state index contributed by atoms with van der Waals surface area (Å²) in [4.78, 5) is 24.4. The van der Waals surface area contributed by atoms with Gasteiger partial charge in [0.1, 0.15) is 5.52 Å². The first-order chi connectivity index (χ1) is 15.8. The van der Waals surface area contributed by atoms with Gasteiger partial charge in [-0.3, -0.25) is 4.90 Å². The van der Waals surface area contributed by atoms with Crippen molar-refractivity contribution < 1.29 is 4.74 Å². The van der Waals surface area contributed by atoms with Crippen molar-refractivity contribution in [2.24, 2.45) is 0 Å². The van der Waals surface area contributed by atoms with Gasteiger partial charge in [-0.15, -0.1) is 0 Å². The standard InChI is InChI=1S/C23H32N8O/c1-2-29-9-11-31(12-10-29)19-5-3-18(4-6-19)21-27-22(20-23(28-21)26-17-25-20)24-7-8-30-13-15-32-16-14-30/h3-6,17H,2,7-16H2,1H3,(H2,24,25,26,27,28). The number of likely N-dealkylation sites (N-methyl/N-ethyl adjacent to an activating group) is 1. The maximum atomic E-state index is 5.43. The second-order valence-electron chi connectivity index (χ2n) is 8.34. The fourth-order valence-electron chi connectivity index (χ4n) is 4.39. The number of nitrogens with one attached hydrogen (secondary N) is 2. The number of ether oxygens (including phenoxy) is 1. The summed E-state index contributed by atoms with van der Waals surface area (Å²) >= 11 is 0. The highest BCUT2D eigenvalue weighted by Gasteiger charge is 2.17. The second-order valence-corrected chi connectivity index (χ2v) is 8.34. The number of aromatic nitrogens is 4. The van der Waals surface area contributed by atoms with Crippen LogP contribution in [0.15, 0.2) is 30.6 Å². The van der Waals surface area contributed by atoms with Gasteiger partial charge in [0.15, 0.2) is 17.3 Å². The van der Waals surface area contributed by atoms with E-state index in [9.17, 15) is 0 Å². The highest BCUT2D eigenvalue weighted by molar-refractivity contribution is 5.84. The third kappa shape index (κ3) is 4.69. The van der Waals surface area contributed by atoms with E-state index < -0.39 is 0 Å². The van der Waals surface area contributed by atoms with E-state index in [2.05, 4.69) is 61.2 Å². The smallest absolute Gasteiger partial charge is 0.164 e. The fourth-order valence-corrected chi connectivity index (χ4v) is 4.39. The molecule has 0 aliphatic carbocycles. The molecule has 2 N–H and O–H groups in total. The number of hydrogen-bond acceptors (Lipinski definition) is 8. The van der Waals surface area contributed by atoms with Crippen molar-refractivity contribution >= 4 is 22.7 Å². The predicted octanol–water partition coefficient (Wildman–Crippen LogP) is 1.91. The van der Waals surface area contributed by atoms with Crippen molar-refractivity contribution in [2.45, 2.75) is 6.92 Å². The molecule has 9 heteroatoms. The number of benzene rings is 1. The zero-order chi connectivity index (χ0) is 21.8. The third-order valence-electron chi connectivity index (χ3n) is 6.41. The molecule has 1 aromatic carbocycles. The number of piperazine rings is 1. The molecule has 4 heterocycles. The normalized spacial score (nSPS) is 18.3. The van der Waals surface area contributed by atoms with Crippen molar-refractivity contribution in [1.29, 1.82) is 0 Å². The van der Waals surface area contributed by atoms with Crippen LogP contribution < -0.4 is 10.2 Å². The number of nitrogens with zero attached hydrogens (tertiary/aromatic N) is 6. The van der Waals surface area contributed by atoms with Gasteiger partial charge < -0.3 is 24.8 Å². The minimum Gasteiger partial charge on any atom is -0.379 e. The van der Waals surface area contributed by atoms with Crippen LogP contribution in [0.2, 0.25) is 0 Å². The first-order valence-corrected chi connectivity index (χ1v) is 11.6. The molecule has 0 radical (unpaired) electrons. The molecule has 3 aromatic rings. The Labute approximate surface area is 188 Å². The van der Waals surface area contributed by atoms with Crippen molar-refractivity contribution in [2.75, 3.05) is 82.3 Å². The van der Waals surface area contributed by atoms with Crippen LogP contribution in [0, 0.1) is 0 Å². The Morgan fingerprint density at radius 3 is 2.50 bits per heavy atom. The monoisotopic (exact) mass is 436 g/mol. The maximum Gasteiger partial charge on any atom is 0.164 e. The van der Waals surface area contributed by atoms with E-state index in [0.29, 0.717) is 5.82 Å². The SMILES string of the molecule is CCN1CCN(c2ccc(-c3nc(NCCN4CCOCC4)c4nc[nH]c4n3)cc2)CC1. The first-order valence-electron chi connectivity index (χ1n) is 11.6. The number of anilines is 2. The van der Waals surface area contributed by atoms with E-state index in [1.165, 1.54) is 5.69 Å². The van der Waals surface area contributed by atoms with Gasteiger partial charge in [-0.25, -0.2) is 15.0 Å². The van der Waals surface area contributed by atoms with Crippen LogP contribution in [0.25, 0.3) is 22.6 Å². The van der Waals surface area contributed by atoms with E-state index >= 15 is 0 Å². The summed E-state index contributed by atoms with van der Waals surface area (Å²) in [5.74, 6) is 1.48. The molecule has 170 valence electrons. The summed E-state index contributed by atoms with van der Waals surface area (Å²) in [6.07, 6.45) is 1.68. The second kappa shape index (κ2) is 9.81. The first kappa shape index (κ1) is 21.1. The summed E-state index contributed by atoms with van der Waals surface area (Å²) in [5, 5.41) is 3.47. The van der Waals surface area contributed by atoms with Gasteiger partial charge in [0.25, 0.3) is 0 Å².